The maximum absolute atomic E-state index is 13.1. The molecule has 1 aliphatic carbocycles. The van der Waals surface area contributed by atoms with Crippen LogP contribution in [0.2, 0.25) is 0 Å². The first-order valence-electron chi connectivity index (χ1n) is 6.49. The number of benzene rings is 1. The third kappa shape index (κ3) is 2.76. The van der Waals surface area contributed by atoms with E-state index in [1.807, 2.05) is 12.1 Å². The zero-order chi connectivity index (χ0) is 12.5. The van der Waals surface area contributed by atoms with Gasteiger partial charge in [-0.1, -0.05) is 6.07 Å². The van der Waals surface area contributed by atoms with Gasteiger partial charge >= 0.3 is 0 Å². The van der Waals surface area contributed by atoms with Crippen LogP contribution in [0.3, 0.4) is 0 Å². The van der Waals surface area contributed by atoms with Gasteiger partial charge in [0.25, 0.3) is 0 Å². The zero-order valence-corrected chi connectivity index (χ0v) is 11.7. The molecular weight excluding hydrogens is 297 g/mol. The van der Waals surface area contributed by atoms with Crippen LogP contribution in [-0.2, 0) is 11.3 Å². The minimum atomic E-state index is -0.209. The highest BCUT2D eigenvalue weighted by Gasteiger charge is 2.39. The minimum Gasteiger partial charge on any atom is -0.379 e. The molecule has 2 atom stereocenters. The standard InChI is InChI=1S/C14H17BrFNO/c15-12-5-9(1-4-13(12)16)6-17-14-8-18-7-11(14)10-2-3-10/h1,4-5,10-11,14,17H,2-3,6-8H2. The SMILES string of the molecule is Fc1ccc(CNC2COCC2C2CC2)cc1Br. The summed E-state index contributed by atoms with van der Waals surface area (Å²) < 4.78 is 19.2. The third-order valence-corrected chi connectivity index (χ3v) is 4.51. The van der Waals surface area contributed by atoms with Gasteiger partial charge in [0.15, 0.2) is 0 Å². The van der Waals surface area contributed by atoms with Crippen molar-refractivity contribution in [3.63, 3.8) is 0 Å². The molecule has 1 heterocycles. The lowest BCUT2D eigenvalue weighted by atomic mass is 9.98. The Labute approximate surface area is 115 Å². The molecular formula is C14H17BrFNO. The Bertz CT molecular complexity index is 436. The van der Waals surface area contributed by atoms with Crippen LogP contribution >= 0.6 is 15.9 Å². The molecule has 2 fully saturated rings. The Morgan fingerprint density at radius 1 is 1.33 bits per heavy atom. The fourth-order valence-electron chi connectivity index (χ4n) is 2.67. The number of rotatable bonds is 4. The van der Waals surface area contributed by atoms with Crippen molar-refractivity contribution in [1.82, 2.24) is 5.32 Å². The summed E-state index contributed by atoms with van der Waals surface area (Å²) in [5.41, 5.74) is 1.10. The molecule has 2 aliphatic rings. The van der Waals surface area contributed by atoms with E-state index in [1.165, 1.54) is 18.9 Å². The Kier molecular flexibility index (Phi) is 3.68. The molecule has 1 aliphatic heterocycles. The molecule has 1 aromatic rings. The van der Waals surface area contributed by atoms with Gasteiger partial charge in [-0.2, -0.15) is 0 Å². The maximum Gasteiger partial charge on any atom is 0.137 e. The highest BCUT2D eigenvalue weighted by molar-refractivity contribution is 9.10. The van der Waals surface area contributed by atoms with Gasteiger partial charge in [0.05, 0.1) is 17.7 Å². The molecule has 1 saturated heterocycles. The van der Waals surface area contributed by atoms with Crippen molar-refractivity contribution >= 4 is 15.9 Å². The van der Waals surface area contributed by atoms with Gasteiger partial charge < -0.3 is 10.1 Å². The minimum absolute atomic E-state index is 0.209. The number of hydrogen-bond donors (Lipinski definition) is 1. The molecule has 98 valence electrons. The lowest BCUT2D eigenvalue weighted by Crippen LogP contribution is -2.36. The fourth-order valence-corrected chi connectivity index (χ4v) is 3.09. The van der Waals surface area contributed by atoms with Crippen molar-refractivity contribution in [1.29, 1.82) is 0 Å². The molecule has 3 rings (SSSR count). The van der Waals surface area contributed by atoms with E-state index in [0.29, 0.717) is 16.4 Å². The average molecular weight is 314 g/mol. The summed E-state index contributed by atoms with van der Waals surface area (Å²) in [5, 5.41) is 3.55. The van der Waals surface area contributed by atoms with Crippen LogP contribution in [0.1, 0.15) is 18.4 Å². The second-order valence-corrected chi connectivity index (χ2v) is 6.13. The Hall–Kier alpha value is -0.450. The summed E-state index contributed by atoms with van der Waals surface area (Å²) in [5.74, 6) is 1.33. The Morgan fingerprint density at radius 2 is 2.17 bits per heavy atom. The van der Waals surface area contributed by atoms with Gasteiger partial charge in [-0.3, -0.25) is 0 Å². The lowest BCUT2D eigenvalue weighted by molar-refractivity contribution is 0.180. The molecule has 1 aromatic carbocycles. The molecule has 1 N–H and O–H groups in total. The van der Waals surface area contributed by atoms with Crippen LogP contribution in [-0.4, -0.2) is 19.3 Å². The van der Waals surface area contributed by atoms with E-state index < -0.39 is 0 Å². The fraction of sp³-hybridized carbons (Fsp3) is 0.571. The molecule has 4 heteroatoms. The predicted molar refractivity (Wildman–Crippen MR) is 71.8 cm³/mol. The van der Waals surface area contributed by atoms with Crippen LogP contribution in [0.25, 0.3) is 0 Å². The van der Waals surface area contributed by atoms with Gasteiger partial charge in [0.1, 0.15) is 5.82 Å². The first kappa shape index (κ1) is 12.6. The van der Waals surface area contributed by atoms with Crippen LogP contribution < -0.4 is 5.32 Å². The second kappa shape index (κ2) is 5.27. The van der Waals surface area contributed by atoms with E-state index in [2.05, 4.69) is 21.2 Å². The van der Waals surface area contributed by atoms with Crippen LogP contribution in [0, 0.1) is 17.7 Å². The second-order valence-electron chi connectivity index (χ2n) is 5.27. The van der Waals surface area contributed by atoms with Crippen molar-refractivity contribution in [2.24, 2.45) is 11.8 Å². The Morgan fingerprint density at radius 3 is 2.89 bits per heavy atom. The van der Waals surface area contributed by atoms with Crippen molar-refractivity contribution in [2.45, 2.75) is 25.4 Å². The van der Waals surface area contributed by atoms with Crippen molar-refractivity contribution < 1.29 is 9.13 Å². The molecule has 0 amide bonds. The maximum atomic E-state index is 13.1. The van der Waals surface area contributed by atoms with Gasteiger partial charge in [0, 0.05) is 18.5 Å². The summed E-state index contributed by atoms with van der Waals surface area (Å²) in [7, 11) is 0. The van der Waals surface area contributed by atoms with Gasteiger partial charge in [-0.15, -0.1) is 0 Å². The molecule has 2 unspecified atom stereocenters. The van der Waals surface area contributed by atoms with Crippen LogP contribution in [0.5, 0.6) is 0 Å². The number of halogens is 2. The Balaban J connectivity index is 1.58. The first-order chi connectivity index (χ1) is 8.74. The van der Waals surface area contributed by atoms with Gasteiger partial charge in [-0.25, -0.2) is 4.39 Å². The van der Waals surface area contributed by atoms with E-state index in [4.69, 9.17) is 4.74 Å². The molecule has 0 bridgehead atoms. The summed E-state index contributed by atoms with van der Waals surface area (Å²) >= 11 is 3.22. The molecule has 0 aromatic heterocycles. The number of nitrogens with one attached hydrogen (secondary N) is 1. The molecule has 2 nitrogen and oxygen atoms in total. The normalized spacial score (nSPS) is 27.7. The van der Waals surface area contributed by atoms with Crippen molar-refractivity contribution in [3.8, 4) is 0 Å². The third-order valence-electron chi connectivity index (χ3n) is 3.90. The zero-order valence-electron chi connectivity index (χ0n) is 10.2. The number of hydrogen-bond acceptors (Lipinski definition) is 2. The smallest absolute Gasteiger partial charge is 0.137 e. The lowest BCUT2D eigenvalue weighted by Gasteiger charge is -2.18. The number of ether oxygens (including phenoxy) is 1. The summed E-state index contributed by atoms with van der Waals surface area (Å²) in [6.45, 7) is 2.48. The van der Waals surface area contributed by atoms with E-state index in [1.54, 1.807) is 0 Å². The van der Waals surface area contributed by atoms with E-state index in [9.17, 15) is 4.39 Å². The molecule has 18 heavy (non-hydrogen) atoms. The topological polar surface area (TPSA) is 21.3 Å². The van der Waals surface area contributed by atoms with E-state index in [0.717, 1.165) is 31.2 Å². The monoisotopic (exact) mass is 313 g/mol. The molecule has 0 radical (unpaired) electrons. The predicted octanol–water partition coefficient (Wildman–Crippen LogP) is 3.10. The van der Waals surface area contributed by atoms with E-state index >= 15 is 0 Å². The van der Waals surface area contributed by atoms with Crippen LogP contribution in [0.4, 0.5) is 4.39 Å². The van der Waals surface area contributed by atoms with Crippen molar-refractivity contribution in [3.05, 3.63) is 34.1 Å². The van der Waals surface area contributed by atoms with Crippen LogP contribution in [0.15, 0.2) is 22.7 Å². The largest absolute Gasteiger partial charge is 0.379 e. The van der Waals surface area contributed by atoms with Gasteiger partial charge in [-0.05, 0) is 52.4 Å². The summed E-state index contributed by atoms with van der Waals surface area (Å²) in [6.07, 6.45) is 2.71. The molecule has 1 saturated carbocycles. The quantitative estimate of drug-likeness (QED) is 0.922. The summed E-state index contributed by atoms with van der Waals surface area (Å²) in [6, 6.07) is 5.63. The molecule has 0 spiro atoms. The first-order valence-corrected chi connectivity index (χ1v) is 7.28. The average Bonchev–Trinajstić information content (AvgIpc) is 3.10. The van der Waals surface area contributed by atoms with Crippen molar-refractivity contribution in [2.75, 3.05) is 13.2 Å². The highest BCUT2D eigenvalue weighted by Crippen LogP contribution is 2.40. The van der Waals surface area contributed by atoms with Gasteiger partial charge in [0.2, 0.25) is 0 Å². The summed E-state index contributed by atoms with van der Waals surface area (Å²) in [4.78, 5) is 0. The highest BCUT2D eigenvalue weighted by atomic mass is 79.9. The van der Waals surface area contributed by atoms with E-state index in [-0.39, 0.29) is 5.82 Å².